The molecule has 1 N–H and O–H groups in total. The van der Waals surface area contributed by atoms with Crippen LogP contribution in [0.25, 0.3) is 0 Å². The monoisotopic (exact) mass is 489 g/mol. The molecule has 0 aliphatic carbocycles. The fraction of sp³-hybridized carbons (Fsp3) is 0.435. The summed E-state index contributed by atoms with van der Waals surface area (Å²) < 4.78 is 18.6. The molecule has 2 bridgehead atoms. The van der Waals surface area contributed by atoms with E-state index in [4.69, 9.17) is 26.4 Å². The van der Waals surface area contributed by atoms with Crippen LogP contribution in [0.3, 0.4) is 0 Å². The molecule has 1 aromatic heterocycles. The van der Waals surface area contributed by atoms with Crippen molar-refractivity contribution >= 4 is 39.9 Å². The lowest BCUT2D eigenvalue weighted by molar-refractivity contribution is -0.113. The fourth-order valence-corrected chi connectivity index (χ4v) is 5.60. The molecule has 3 heterocycles. The Hall–Kier alpha value is -2.72. The molecule has 0 saturated carbocycles. The van der Waals surface area contributed by atoms with E-state index in [9.17, 15) is 9.59 Å². The van der Waals surface area contributed by atoms with E-state index in [1.807, 2.05) is 16.7 Å². The molecule has 2 aromatic rings. The van der Waals surface area contributed by atoms with Gasteiger partial charge in [0.05, 0.1) is 27.1 Å². The summed E-state index contributed by atoms with van der Waals surface area (Å²) in [7, 11) is 4.59. The average molecular weight is 490 g/mol. The van der Waals surface area contributed by atoms with Gasteiger partial charge in [0.1, 0.15) is 4.32 Å². The molecule has 4 rings (SSSR count). The molecule has 1 fully saturated rings. The number of nitrogens with zero attached hydrogens (tertiary/aromatic N) is 2. The number of nitrogens with one attached hydrogen (secondary N) is 1. The van der Waals surface area contributed by atoms with Gasteiger partial charge >= 0.3 is 0 Å². The number of amides is 1. The van der Waals surface area contributed by atoms with Crippen LogP contribution in [0.5, 0.6) is 17.2 Å². The number of hydrogen-bond donors (Lipinski definition) is 1. The van der Waals surface area contributed by atoms with Crippen LogP contribution in [-0.2, 0) is 11.3 Å². The molecule has 2 atom stereocenters. The normalized spacial score (nSPS) is 18.8. The summed E-state index contributed by atoms with van der Waals surface area (Å²) in [6, 6.07) is 8.86. The molecule has 1 amide bonds. The highest BCUT2D eigenvalue weighted by Gasteiger charge is 2.35. The van der Waals surface area contributed by atoms with Crippen molar-refractivity contribution in [1.29, 1.82) is 0 Å². The maximum atomic E-state index is 12.6. The lowest BCUT2D eigenvalue weighted by atomic mass is 9.83. The highest BCUT2D eigenvalue weighted by molar-refractivity contribution is 8.23. The minimum absolute atomic E-state index is 0.0658. The molecule has 2 aliphatic rings. The zero-order chi connectivity index (χ0) is 23.5. The fourth-order valence-electron chi connectivity index (χ4n) is 4.61. The van der Waals surface area contributed by atoms with Gasteiger partial charge in [0.2, 0.25) is 11.7 Å². The maximum Gasteiger partial charge on any atom is 0.250 e. The Labute approximate surface area is 202 Å². The third-order valence-electron chi connectivity index (χ3n) is 6.01. The lowest BCUT2D eigenvalue weighted by Gasteiger charge is -2.43. The largest absolute Gasteiger partial charge is 0.493 e. The number of rotatable bonds is 6. The van der Waals surface area contributed by atoms with Crippen molar-refractivity contribution in [2.45, 2.75) is 18.9 Å². The van der Waals surface area contributed by atoms with Gasteiger partial charge in [0.25, 0.3) is 5.56 Å². The number of aromatic nitrogens is 1. The van der Waals surface area contributed by atoms with Crippen LogP contribution in [0.2, 0.25) is 0 Å². The zero-order valence-electron chi connectivity index (χ0n) is 18.8. The first-order valence-corrected chi connectivity index (χ1v) is 12.0. The summed E-state index contributed by atoms with van der Waals surface area (Å²) in [6.07, 6.45) is 1.06. The topological polar surface area (TPSA) is 82.0 Å². The highest BCUT2D eigenvalue weighted by Crippen LogP contribution is 2.40. The number of piperidine rings is 1. The summed E-state index contributed by atoms with van der Waals surface area (Å²) in [6.45, 7) is 2.29. The van der Waals surface area contributed by atoms with Gasteiger partial charge in [-0.15, -0.1) is 0 Å². The van der Waals surface area contributed by atoms with Gasteiger partial charge < -0.3 is 29.0 Å². The molecule has 33 heavy (non-hydrogen) atoms. The van der Waals surface area contributed by atoms with Crippen molar-refractivity contribution in [3.05, 3.63) is 46.4 Å². The number of methoxy groups -OCH3 is 3. The van der Waals surface area contributed by atoms with Crippen LogP contribution < -0.4 is 25.1 Å². The molecule has 176 valence electrons. The van der Waals surface area contributed by atoms with E-state index < -0.39 is 0 Å². The van der Waals surface area contributed by atoms with Crippen molar-refractivity contribution in [2.24, 2.45) is 5.92 Å². The standard InChI is InChI=1S/C23H27N3O5S2/c1-29-18-8-16(9-19(30-2)22(18)31-3)24-20(27)13-33-23(32)25-10-14-7-15(12-25)17-5-4-6-21(28)26(17)11-14/h4-6,8-9,14-15H,7,10-13H2,1-3H3,(H,24,27). The van der Waals surface area contributed by atoms with Crippen LogP contribution in [0.4, 0.5) is 5.69 Å². The smallest absolute Gasteiger partial charge is 0.250 e. The number of likely N-dealkylation sites (tertiary alicyclic amines) is 1. The minimum Gasteiger partial charge on any atom is -0.493 e. The number of carbonyl (C=O) groups excluding carboxylic acids is 1. The van der Waals surface area contributed by atoms with Crippen molar-refractivity contribution in [1.82, 2.24) is 9.47 Å². The molecule has 8 nitrogen and oxygen atoms in total. The number of fused-ring (bicyclic) bond motifs is 4. The van der Waals surface area contributed by atoms with Crippen molar-refractivity contribution in [3.63, 3.8) is 0 Å². The molecule has 2 aliphatic heterocycles. The van der Waals surface area contributed by atoms with Crippen LogP contribution in [0.1, 0.15) is 18.0 Å². The van der Waals surface area contributed by atoms with Gasteiger partial charge in [-0.3, -0.25) is 9.59 Å². The number of hydrogen-bond acceptors (Lipinski definition) is 7. The Balaban J connectivity index is 1.36. The molecule has 10 heteroatoms. The second kappa shape index (κ2) is 10.0. The van der Waals surface area contributed by atoms with E-state index in [-0.39, 0.29) is 23.1 Å². The second-order valence-corrected chi connectivity index (χ2v) is 9.73. The average Bonchev–Trinajstić information content (AvgIpc) is 2.82. The second-order valence-electron chi connectivity index (χ2n) is 8.12. The first-order chi connectivity index (χ1) is 15.9. The summed E-state index contributed by atoms with van der Waals surface area (Å²) in [4.78, 5) is 27.0. The van der Waals surface area contributed by atoms with Crippen LogP contribution in [-0.4, -0.2) is 59.9 Å². The summed E-state index contributed by atoms with van der Waals surface area (Å²) >= 11 is 7.01. The van der Waals surface area contributed by atoms with Crippen molar-refractivity contribution < 1.29 is 19.0 Å². The minimum atomic E-state index is -0.175. The summed E-state index contributed by atoms with van der Waals surface area (Å²) in [5, 5.41) is 2.87. The Morgan fingerprint density at radius 2 is 1.85 bits per heavy atom. The number of ether oxygens (including phenoxy) is 3. The van der Waals surface area contributed by atoms with Crippen LogP contribution in [0, 0.1) is 5.92 Å². The van der Waals surface area contributed by atoms with E-state index in [0.717, 1.165) is 31.7 Å². The first-order valence-electron chi connectivity index (χ1n) is 10.6. The maximum absolute atomic E-state index is 12.6. The molecule has 0 spiro atoms. The molecular weight excluding hydrogens is 462 g/mol. The predicted octanol–water partition coefficient (Wildman–Crippen LogP) is 2.95. The Kier molecular flexibility index (Phi) is 7.14. The molecule has 1 saturated heterocycles. The van der Waals surface area contributed by atoms with E-state index in [1.54, 1.807) is 18.2 Å². The van der Waals surface area contributed by atoms with E-state index in [2.05, 4.69) is 10.2 Å². The Morgan fingerprint density at radius 3 is 2.52 bits per heavy atom. The first kappa shape index (κ1) is 23.4. The Bertz CT molecular complexity index is 1090. The van der Waals surface area contributed by atoms with Gasteiger partial charge in [-0.2, -0.15) is 0 Å². The van der Waals surface area contributed by atoms with Crippen LogP contribution >= 0.6 is 24.0 Å². The van der Waals surface area contributed by atoms with Crippen LogP contribution in [0.15, 0.2) is 35.1 Å². The molecule has 2 unspecified atom stereocenters. The van der Waals surface area contributed by atoms with E-state index in [1.165, 1.54) is 33.1 Å². The number of pyridine rings is 1. The summed E-state index contributed by atoms with van der Waals surface area (Å²) in [5.41, 5.74) is 1.70. The van der Waals surface area contributed by atoms with Crippen molar-refractivity contribution in [3.8, 4) is 17.2 Å². The van der Waals surface area contributed by atoms with Gasteiger partial charge in [-0.05, 0) is 18.4 Å². The Morgan fingerprint density at radius 1 is 1.12 bits per heavy atom. The van der Waals surface area contributed by atoms with Gasteiger partial charge in [0, 0.05) is 55.1 Å². The molecule has 1 aromatic carbocycles. The third kappa shape index (κ3) is 4.96. The van der Waals surface area contributed by atoms with Crippen molar-refractivity contribution in [2.75, 3.05) is 45.5 Å². The summed E-state index contributed by atoms with van der Waals surface area (Å²) in [5.74, 6) is 2.07. The zero-order valence-corrected chi connectivity index (χ0v) is 20.5. The quantitative estimate of drug-likeness (QED) is 0.621. The molecule has 0 radical (unpaired) electrons. The third-order valence-corrected chi connectivity index (χ3v) is 7.54. The van der Waals surface area contributed by atoms with Gasteiger partial charge in [-0.25, -0.2) is 0 Å². The van der Waals surface area contributed by atoms with E-state index >= 15 is 0 Å². The van der Waals surface area contributed by atoms with Gasteiger partial charge in [0.15, 0.2) is 11.5 Å². The number of thioether (sulfide) groups is 1. The number of anilines is 1. The highest BCUT2D eigenvalue weighted by atomic mass is 32.2. The molecular formula is C23H27N3O5S2. The van der Waals surface area contributed by atoms with E-state index in [0.29, 0.717) is 33.2 Å². The SMILES string of the molecule is COc1cc(NC(=O)CSC(=S)N2CC3CC(C2)c2cccc(=O)n2C3)cc(OC)c1OC. The predicted molar refractivity (Wildman–Crippen MR) is 133 cm³/mol. The number of carbonyl (C=O) groups is 1. The number of thiocarbonyl (C=S) groups is 1. The lowest BCUT2D eigenvalue weighted by Crippen LogP contribution is -2.48. The van der Waals surface area contributed by atoms with Gasteiger partial charge in [-0.1, -0.05) is 30.0 Å². The number of benzene rings is 1.